The Morgan fingerprint density at radius 1 is 1.17 bits per heavy atom. The molecule has 0 aromatic heterocycles. The van der Waals surface area contributed by atoms with Gasteiger partial charge in [0.2, 0.25) is 5.91 Å². The second kappa shape index (κ2) is 9.35. The average Bonchev–Trinajstić information content (AvgIpc) is 2.61. The van der Waals surface area contributed by atoms with E-state index < -0.39 is 0 Å². The van der Waals surface area contributed by atoms with Gasteiger partial charge in [-0.3, -0.25) is 4.79 Å². The van der Waals surface area contributed by atoms with Crippen molar-refractivity contribution >= 4 is 17.7 Å². The lowest BCUT2D eigenvalue weighted by Gasteiger charge is -2.25. The predicted molar refractivity (Wildman–Crippen MR) is 99.6 cm³/mol. The molecule has 0 saturated heterocycles. The summed E-state index contributed by atoms with van der Waals surface area (Å²) >= 11 is 1.54. The molecule has 2 aromatic carbocycles. The van der Waals surface area contributed by atoms with Crippen LogP contribution in [0.3, 0.4) is 0 Å². The van der Waals surface area contributed by atoms with E-state index in [0.717, 1.165) is 16.2 Å². The first-order valence-electron chi connectivity index (χ1n) is 7.85. The van der Waals surface area contributed by atoms with Crippen molar-refractivity contribution in [3.8, 4) is 5.75 Å². The molecule has 0 bridgehead atoms. The van der Waals surface area contributed by atoms with Gasteiger partial charge < -0.3 is 15.0 Å². The zero-order valence-electron chi connectivity index (χ0n) is 14.4. The molecule has 1 unspecified atom stereocenters. The summed E-state index contributed by atoms with van der Waals surface area (Å²) in [6.45, 7) is 0.564. The second-order valence-electron chi connectivity index (χ2n) is 5.66. The van der Waals surface area contributed by atoms with E-state index in [0.29, 0.717) is 12.3 Å². The normalized spacial score (nSPS) is 12.0. The molecule has 5 heteroatoms. The summed E-state index contributed by atoms with van der Waals surface area (Å²) in [6, 6.07) is 18.0. The summed E-state index contributed by atoms with van der Waals surface area (Å²) in [5, 5.41) is 3.03. The highest BCUT2D eigenvalue weighted by Gasteiger charge is 2.16. The zero-order valence-corrected chi connectivity index (χ0v) is 15.2. The molecule has 4 nitrogen and oxygen atoms in total. The van der Waals surface area contributed by atoms with Crippen LogP contribution in [-0.4, -0.2) is 44.3 Å². The molecule has 0 spiro atoms. The topological polar surface area (TPSA) is 41.6 Å². The van der Waals surface area contributed by atoms with E-state index in [2.05, 4.69) is 16.3 Å². The van der Waals surface area contributed by atoms with Crippen molar-refractivity contribution in [3.05, 3.63) is 60.2 Å². The van der Waals surface area contributed by atoms with E-state index in [1.807, 2.05) is 62.6 Å². The van der Waals surface area contributed by atoms with Gasteiger partial charge in [0.1, 0.15) is 5.75 Å². The number of ether oxygens (including phenoxy) is 1. The number of thioether (sulfide) groups is 1. The quantitative estimate of drug-likeness (QED) is 0.747. The molecule has 0 aliphatic rings. The van der Waals surface area contributed by atoms with Crippen LogP contribution < -0.4 is 10.1 Å². The maximum atomic E-state index is 12.1. The minimum Gasteiger partial charge on any atom is -0.497 e. The molecule has 0 aliphatic heterocycles. The molecule has 1 N–H and O–H groups in total. The van der Waals surface area contributed by atoms with E-state index in [1.165, 1.54) is 0 Å². The molecule has 0 radical (unpaired) electrons. The van der Waals surface area contributed by atoms with Crippen LogP contribution in [0.2, 0.25) is 0 Å². The molecule has 2 rings (SSSR count). The van der Waals surface area contributed by atoms with Crippen molar-refractivity contribution in [3.63, 3.8) is 0 Å². The summed E-state index contributed by atoms with van der Waals surface area (Å²) in [7, 11) is 5.68. The molecule has 1 atom stereocenters. The fourth-order valence-electron chi connectivity index (χ4n) is 2.37. The molecule has 24 heavy (non-hydrogen) atoms. The van der Waals surface area contributed by atoms with Crippen LogP contribution in [0.4, 0.5) is 0 Å². The minimum atomic E-state index is 0.0404. The van der Waals surface area contributed by atoms with Crippen molar-refractivity contribution < 1.29 is 9.53 Å². The first-order chi connectivity index (χ1) is 11.6. The zero-order chi connectivity index (χ0) is 17.4. The Labute approximate surface area is 148 Å². The lowest BCUT2D eigenvalue weighted by Crippen LogP contribution is -2.35. The number of hydrogen-bond acceptors (Lipinski definition) is 4. The minimum absolute atomic E-state index is 0.0404. The number of methoxy groups -OCH3 is 1. The van der Waals surface area contributed by atoms with Gasteiger partial charge in [-0.1, -0.05) is 30.3 Å². The van der Waals surface area contributed by atoms with Crippen LogP contribution in [0, 0.1) is 0 Å². The SMILES string of the molecule is COc1cccc(C(CNC(=O)CSc2ccccc2)N(C)C)c1. The van der Waals surface area contributed by atoms with Gasteiger partial charge >= 0.3 is 0 Å². The second-order valence-corrected chi connectivity index (χ2v) is 6.71. The standard InChI is InChI=1S/C19H24N2O2S/c1-21(2)18(15-8-7-9-16(12-15)23-3)13-20-19(22)14-24-17-10-5-4-6-11-17/h4-12,18H,13-14H2,1-3H3,(H,20,22). The van der Waals surface area contributed by atoms with Crippen LogP contribution in [0.15, 0.2) is 59.5 Å². The molecule has 0 saturated carbocycles. The highest BCUT2D eigenvalue weighted by molar-refractivity contribution is 8.00. The number of nitrogens with one attached hydrogen (secondary N) is 1. The smallest absolute Gasteiger partial charge is 0.230 e. The molecule has 0 fully saturated rings. The first-order valence-corrected chi connectivity index (χ1v) is 8.83. The van der Waals surface area contributed by atoms with Gasteiger partial charge in [-0.2, -0.15) is 0 Å². The number of carbonyl (C=O) groups excluding carboxylic acids is 1. The molecule has 2 aromatic rings. The summed E-state index contributed by atoms with van der Waals surface area (Å²) in [6.07, 6.45) is 0. The van der Waals surface area contributed by atoms with E-state index in [4.69, 9.17) is 4.74 Å². The number of amides is 1. The summed E-state index contributed by atoms with van der Waals surface area (Å²) in [4.78, 5) is 15.3. The first kappa shape index (κ1) is 18.4. The van der Waals surface area contributed by atoms with Gasteiger partial charge in [-0.15, -0.1) is 11.8 Å². The fraction of sp³-hybridized carbons (Fsp3) is 0.316. The fourth-order valence-corrected chi connectivity index (χ4v) is 3.12. The summed E-state index contributed by atoms with van der Waals surface area (Å²) < 4.78 is 5.29. The molecular formula is C19H24N2O2S. The van der Waals surface area contributed by atoms with Crippen molar-refractivity contribution in [2.45, 2.75) is 10.9 Å². The Kier molecular flexibility index (Phi) is 7.15. The summed E-state index contributed by atoms with van der Waals surface area (Å²) in [5.41, 5.74) is 1.12. The molecule has 0 heterocycles. The van der Waals surface area contributed by atoms with Gasteiger partial charge in [0, 0.05) is 11.4 Å². The van der Waals surface area contributed by atoms with Gasteiger partial charge in [0.05, 0.1) is 18.9 Å². The van der Waals surface area contributed by atoms with Gasteiger partial charge in [-0.05, 0) is 43.9 Å². The van der Waals surface area contributed by atoms with Crippen molar-refractivity contribution in [1.29, 1.82) is 0 Å². The maximum absolute atomic E-state index is 12.1. The largest absolute Gasteiger partial charge is 0.497 e. The Morgan fingerprint density at radius 2 is 1.92 bits per heavy atom. The van der Waals surface area contributed by atoms with Crippen molar-refractivity contribution in [2.75, 3.05) is 33.5 Å². The number of likely N-dealkylation sites (N-methyl/N-ethyl adjacent to an activating group) is 1. The molecule has 1 amide bonds. The van der Waals surface area contributed by atoms with E-state index in [9.17, 15) is 4.79 Å². The average molecular weight is 344 g/mol. The van der Waals surface area contributed by atoms with Crippen LogP contribution in [0.25, 0.3) is 0 Å². The van der Waals surface area contributed by atoms with Crippen LogP contribution in [-0.2, 0) is 4.79 Å². The van der Waals surface area contributed by atoms with Crippen LogP contribution >= 0.6 is 11.8 Å². The Balaban J connectivity index is 1.90. The monoisotopic (exact) mass is 344 g/mol. The lowest BCUT2D eigenvalue weighted by molar-refractivity contribution is -0.118. The van der Waals surface area contributed by atoms with Crippen LogP contribution in [0.5, 0.6) is 5.75 Å². The Hall–Kier alpha value is -1.98. The van der Waals surface area contributed by atoms with Crippen molar-refractivity contribution in [2.24, 2.45) is 0 Å². The Bertz CT molecular complexity index is 647. The lowest BCUT2D eigenvalue weighted by atomic mass is 10.1. The highest BCUT2D eigenvalue weighted by Crippen LogP contribution is 2.22. The van der Waals surface area contributed by atoms with E-state index >= 15 is 0 Å². The number of nitrogens with zero attached hydrogens (tertiary/aromatic N) is 1. The third-order valence-corrected chi connectivity index (χ3v) is 4.72. The number of benzene rings is 2. The third kappa shape index (κ3) is 5.58. The van der Waals surface area contributed by atoms with E-state index in [-0.39, 0.29) is 11.9 Å². The predicted octanol–water partition coefficient (Wildman–Crippen LogP) is 3.21. The molecular weight excluding hydrogens is 320 g/mol. The Morgan fingerprint density at radius 3 is 2.58 bits per heavy atom. The van der Waals surface area contributed by atoms with Gasteiger partial charge in [0.15, 0.2) is 0 Å². The van der Waals surface area contributed by atoms with E-state index in [1.54, 1.807) is 18.9 Å². The van der Waals surface area contributed by atoms with Gasteiger partial charge in [0.25, 0.3) is 0 Å². The summed E-state index contributed by atoms with van der Waals surface area (Å²) in [5.74, 6) is 1.28. The third-order valence-electron chi connectivity index (χ3n) is 3.71. The maximum Gasteiger partial charge on any atom is 0.230 e. The highest BCUT2D eigenvalue weighted by atomic mass is 32.2. The number of hydrogen-bond donors (Lipinski definition) is 1. The molecule has 0 aliphatic carbocycles. The number of carbonyl (C=O) groups is 1. The van der Waals surface area contributed by atoms with Gasteiger partial charge in [-0.25, -0.2) is 0 Å². The van der Waals surface area contributed by atoms with Crippen LogP contribution in [0.1, 0.15) is 11.6 Å². The number of rotatable bonds is 8. The molecule has 128 valence electrons. The van der Waals surface area contributed by atoms with Crippen molar-refractivity contribution in [1.82, 2.24) is 10.2 Å².